The SMILES string of the molecule is CC(C)CN(C(=O)C12CC3CC(CC(C3)C1)C2)C1CCS(=O)(=O)C1. The van der Waals surface area contributed by atoms with E-state index < -0.39 is 9.84 Å². The third-order valence-corrected chi connectivity index (χ3v) is 8.71. The Morgan fingerprint density at radius 2 is 1.62 bits per heavy atom. The molecule has 0 spiro atoms. The molecule has 4 aliphatic carbocycles. The first kappa shape index (κ1) is 16.9. The smallest absolute Gasteiger partial charge is 0.229 e. The molecule has 0 N–H and O–H groups in total. The Balaban J connectivity index is 1.59. The minimum atomic E-state index is -2.96. The lowest BCUT2D eigenvalue weighted by Crippen LogP contribution is -2.57. The maximum atomic E-state index is 13.7. The van der Waals surface area contributed by atoms with E-state index in [1.165, 1.54) is 19.3 Å². The fourth-order valence-corrected chi connectivity index (χ4v) is 8.22. The molecule has 5 rings (SSSR count). The maximum absolute atomic E-state index is 13.7. The number of hydrogen-bond acceptors (Lipinski definition) is 3. The summed E-state index contributed by atoms with van der Waals surface area (Å²) >= 11 is 0. The van der Waals surface area contributed by atoms with Crippen LogP contribution in [-0.2, 0) is 14.6 Å². The highest BCUT2D eigenvalue weighted by Gasteiger charge is 2.56. The van der Waals surface area contributed by atoms with E-state index in [0.717, 1.165) is 37.0 Å². The van der Waals surface area contributed by atoms with Gasteiger partial charge < -0.3 is 4.90 Å². The molecular formula is C19H31NO3S. The van der Waals surface area contributed by atoms with Crippen LogP contribution >= 0.6 is 0 Å². The predicted molar refractivity (Wildman–Crippen MR) is 94.2 cm³/mol. The molecule has 0 aromatic carbocycles. The number of sulfone groups is 1. The summed E-state index contributed by atoms with van der Waals surface area (Å²) in [7, 11) is -2.96. The third-order valence-electron chi connectivity index (χ3n) is 6.96. The van der Waals surface area contributed by atoms with Gasteiger partial charge in [-0.1, -0.05) is 13.8 Å². The fraction of sp³-hybridized carbons (Fsp3) is 0.947. The maximum Gasteiger partial charge on any atom is 0.229 e. The van der Waals surface area contributed by atoms with Crippen LogP contribution in [0.1, 0.15) is 58.8 Å². The average molecular weight is 354 g/mol. The molecule has 4 saturated carbocycles. The molecule has 5 heteroatoms. The van der Waals surface area contributed by atoms with Gasteiger partial charge in [0.15, 0.2) is 9.84 Å². The van der Waals surface area contributed by atoms with Crippen molar-refractivity contribution in [1.82, 2.24) is 4.90 Å². The van der Waals surface area contributed by atoms with E-state index in [1.54, 1.807) is 0 Å². The van der Waals surface area contributed by atoms with Gasteiger partial charge in [-0.25, -0.2) is 8.42 Å². The Bertz CT molecular complexity index is 589. The summed E-state index contributed by atoms with van der Waals surface area (Å²) in [5, 5.41) is 0. The van der Waals surface area contributed by atoms with E-state index >= 15 is 0 Å². The van der Waals surface area contributed by atoms with E-state index in [-0.39, 0.29) is 23.0 Å². The molecule has 0 radical (unpaired) electrons. The molecule has 136 valence electrons. The molecule has 5 fully saturated rings. The second-order valence-electron chi connectivity index (χ2n) is 9.61. The predicted octanol–water partition coefficient (Wildman–Crippen LogP) is 2.87. The highest BCUT2D eigenvalue weighted by Crippen LogP contribution is 2.60. The van der Waals surface area contributed by atoms with Crippen LogP contribution in [0.15, 0.2) is 0 Å². The van der Waals surface area contributed by atoms with Crippen molar-refractivity contribution in [3.8, 4) is 0 Å². The standard InChI is InChI=1S/C19H31NO3S/c1-13(2)11-20(17-3-4-24(22,23)12-17)18(21)19-8-14-5-15(9-19)7-16(6-14)10-19/h13-17H,3-12H2,1-2H3. The lowest BCUT2D eigenvalue weighted by Gasteiger charge is -2.57. The van der Waals surface area contributed by atoms with Gasteiger partial charge in [-0.05, 0) is 68.6 Å². The third kappa shape index (κ3) is 2.91. The normalized spacial score (nSPS) is 42.6. The first-order chi connectivity index (χ1) is 11.3. The van der Waals surface area contributed by atoms with Crippen molar-refractivity contribution in [3.63, 3.8) is 0 Å². The molecule has 0 aromatic rings. The molecule has 1 aliphatic heterocycles. The Morgan fingerprint density at radius 1 is 1.08 bits per heavy atom. The van der Waals surface area contributed by atoms with Gasteiger partial charge in [0.05, 0.1) is 16.9 Å². The monoisotopic (exact) mass is 353 g/mol. The van der Waals surface area contributed by atoms with Crippen molar-refractivity contribution in [2.24, 2.45) is 29.1 Å². The summed E-state index contributed by atoms with van der Waals surface area (Å²) in [5.74, 6) is 3.34. The molecule has 4 bridgehead atoms. The van der Waals surface area contributed by atoms with Crippen LogP contribution in [0.4, 0.5) is 0 Å². The molecule has 1 heterocycles. The summed E-state index contributed by atoms with van der Waals surface area (Å²) in [6.07, 6.45) is 7.80. The largest absolute Gasteiger partial charge is 0.338 e. The first-order valence-corrected chi connectivity index (χ1v) is 11.6. The second kappa shape index (κ2) is 5.72. The van der Waals surface area contributed by atoms with Crippen LogP contribution < -0.4 is 0 Å². The van der Waals surface area contributed by atoms with Crippen molar-refractivity contribution in [2.45, 2.75) is 64.8 Å². The molecular weight excluding hydrogens is 322 g/mol. The molecule has 1 atom stereocenters. The topological polar surface area (TPSA) is 54.5 Å². The first-order valence-electron chi connectivity index (χ1n) is 9.78. The average Bonchev–Trinajstić information content (AvgIpc) is 2.82. The molecule has 1 amide bonds. The Kier molecular flexibility index (Phi) is 4.02. The van der Waals surface area contributed by atoms with E-state index in [9.17, 15) is 13.2 Å². The van der Waals surface area contributed by atoms with Gasteiger partial charge >= 0.3 is 0 Å². The van der Waals surface area contributed by atoms with Crippen LogP contribution in [0.3, 0.4) is 0 Å². The summed E-state index contributed by atoms with van der Waals surface area (Å²) in [6.45, 7) is 4.97. The van der Waals surface area contributed by atoms with Crippen molar-refractivity contribution >= 4 is 15.7 Å². The Labute approximate surface area is 146 Å². The van der Waals surface area contributed by atoms with Gasteiger partial charge in [0.2, 0.25) is 5.91 Å². The molecule has 0 aromatic heterocycles. The summed E-state index contributed by atoms with van der Waals surface area (Å²) in [6, 6.07) is -0.0853. The van der Waals surface area contributed by atoms with E-state index in [4.69, 9.17) is 0 Å². The van der Waals surface area contributed by atoms with Crippen LogP contribution in [0, 0.1) is 29.1 Å². The lowest BCUT2D eigenvalue weighted by atomic mass is 9.49. The number of amides is 1. The van der Waals surface area contributed by atoms with Crippen LogP contribution in [0.25, 0.3) is 0 Å². The van der Waals surface area contributed by atoms with Crippen molar-refractivity contribution < 1.29 is 13.2 Å². The number of hydrogen-bond donors (Lipinski definition) is 0. The van der Waals surface area contributed by atoms with Crippen molar-refractivity contribution in [1.29, 1.82) is 0 Å². The van der Waals surface area contributed by atoms with Gasteiger partial charge in [-0.3, -0.25) is 4.79 Å². The Hall–Kier alpha value is -0.580. The molecule has 1 saturated heterocycles. The van der Waals surface area contributed by atoms with Gasteiger partial charge in [0.1, 0.15) is 0 Å². The summed E-state index contributed by atoms with van der Waals surface area (Å²) in [5.41, 5.74) is -0.157. The van der Waals surface area contributed by atoms with Gasteiger partial charge in [-0.15, -0.1) is 0 Å². The van der Waals surface area contributed by atoms with Gasteiger partial charge in [0.25, 0.3) is 0 Å². The summed E-state index contributed by atoms with van der Waals surface area (Å²) in [4.78, 5) is 15.7. The lowest BCUT2D eigenvalue weighted by molar-refractivity contribution is -0.160. The highest BCUT2D eigenvalue weighted by molar-refractivity contribution is 7.91. The molecule has 1 unspecified atom stereocenters. The van der Waals surface area contributed by atoms with Crippen LogP contribution in [0.5, 0.6) is 0 Å². The fourth-order valence-electron chi connectivity index (χ4n) is 6.49. The number of rotatable bonds is 4. The van der Waals surface area contributed by atoms with Gasteiger partial charge in [-0.2, -0.15) is 0 Å². The molecule has 4 nitrogen and oxygen atoms in total. The zero-order valence-electron chi connectivity index (χ0n) is 15.0. The quantitative estimate of drug-likeness (QED) is 0.781. The van der Waals surface area contributed by atoms with Crippen LogP contribution in [0.2, 0.25) is 0 Å². The number of nitrogens with zero attached hydrogens (tertiary/aromatic N) is 1. The number of carbonyl (C=O) groups excluding carboxylic acids is 1. The molecule has 24 heavy (non-hydrogen) atoms. The minimum absolute atomic E-state index is 0.0853. The minimum Gasteiger partial charge on any atom is -0.338 e. The summed E-state index contributed by atoms with van der Waals surface area (Å²) < 4.78 is 23.9. The van der Waals surface area contributed by atoms with Gasteiger partial charge in [0, 0.05) is 12.6 Å². The Morgan fingerprint density at radius 3 is 2.04 bits per heavy atom. The van der Waals surface area contributed by atoms with Crippen LogP contribution in [-0.4, -0.2) is 43.3 Å². The van der Waals surface area contributed by atoms with E-state index in [2.05, 4.69) is 13.8 Å². The van der Waals surface area contributed by atoms with Crippen molar-refractivity contribution in [2.75, 3.05) is 18.1 Å². The van der Waals surface area contributed by atoms with Crippen molar-refractivity contribution in [3.05, 3.63) is 0 Å². The second-order valence-corrected chi connectivity index (χ2v) is 11.8. The zero-order chi connectivity index (χ0) is 17.1. The molecule has 5 aliphatic rings. The number of carbonyl (C=O) groups is 1. The van der Waals surface area contributed by atoms with E-state index in [0.29, 0.717) is 24.8 Å². The zero-order valence-corrected chi connectivity index (χ0v) is 15.9. The van der Waals surface area contributed by atoms with E-state index in [1.807, 2.05) is 4.90 Å². The highest BCUT2D eigenvalue weighted by atomic mass is 32.2.